The van der Waals surface area contributed by atoms with Gasteiger partial charge >= 0.3 is 0 Å². The van der Waals surface area contributed by atoms with Crippen LogP contribution in [0.2, 0.25) is 0 Å². The molecule has 1 aromatic carbocycles. The third-order valence-electron chi connectivity index (χ3n) is 3.60. The maximum absolute atomic E-state index is 5.72. The maximum Gasteiger partial charge on any atom is 0.204 e. The quantitative estimate of drug-likeness (QED) is 0.650. The minimum atomic E-state index is 0.523. The van der Waals surface area contributed by atoms with Crippen molar-refractivity contribution in [1.82, 2.24) is 4.98 Å². The first-order chi connectivity index (χ1) is 10.1. The number of benzene rings is 1. The van der Waals surface area contributed by atoms with Crippen LogP contribution >= 0.6 is 0 Å². The molecule has 21 heavy (non-hydrogen) atoms. The predicted octanol–water partition coefficient (Wildman–Crippen LogP) is 2.42. The van der Waals surface area contributed by atoms with Crippen molar-refractivity contribution in [2.45, 2.75) is 20.3 Å². The van der Waals surface area contributed by atoms with E-state index < -0.39 is 0 Å². The number of nitrogens with two attached hydrogens (primary N) is 1. The molecular formula is C15H21N3O3. The van der Waals surface area contributed by atoms with Crippen molar-refractivity contribution in [1.29, 1.82) is 0 Å². The monoisotopic (exact) mass is 291 g/mol. The van der Waals surface area contributed by atoms with Gasteiger partial charge in [-0.15, -0.1) is 0 Å². The largest absolute Gasteiger partial charge is 0.493 e. The van der Waals surface area contributed by atoms with E-state index >= 15 is 0 Å². The molecule has 0 saturated heterocycles. The van der Waals surface area contributed by atoms with Gasteiger partial charge in [-0.1, -0.05) is 6.92 Å². The molecule has 2 aromatic rings. The minimum absolute atomic E-state index is 0.523. The average Bonchev–Trinajstić information content (AvgIpc) is 2.52. The number of methoxy groups -OCH3 is 3. The number of aryl methyl sites for hydroxylation is 1. The standard InChI is InChI=1S/C15H21N3O3/c1-6-9-8(2)13(18-16)12-10(17-9)7-11(19-3)14(20-4)15(12)21-5/h7H,6,16H2,1-5H3,(H,17,18). The smallest absolute Gasteiger partial charge is 0.204 e. The van der Waals surface area contributed by atoms with Gasteiger partial charge in [-0.2, -0.15) is 0 Å². The molecule has 0 bridgehead atoms. The van der Waals surface area contributed by atoms with Gasteiger partial charge in [0.15, 0.2) is 11.5 Å². The fourth-order valence-corrected chi connectivity index (χ4v) is 2.56. The summed E-state index contributed by atoms with van der Waals surface area (Å²) < 4.78 is 16.3. The number of nitrogens with one attached hydrogen (secondary N) is 1. The van der Waals surface area contributed by atoms with Crippen LogP contribution in [-0.2, 0) is 6.42 Å². The van der Waals surface area contributed by atoms with E-state index in [2.05, 4.69) is 17.3 Å². The van der Waals surface area contributed by atoms with Gasteiger partial charge in [-0.05, 0) is 18.9 Å². The summed E-state index contributed by atoms with van der Waals surface area (Å²) in [4.78, 5) is 4.68. The molecule has 0 atom stereocenters. The van der Waals surface area contributed by atoms with Crippen LogP contribution in [0.1, 0.15) is 18.2 Å². The normalized spacial score (nSPS) is 10.6. The van der Waals surface area contributed by atoms with Crippen molar-refractivity contribution < 1.29 is 14.2 Å². The number of hydrogen-bond acceptors (Lipinski definition) is 6. The number of nitrogens with zero attached hydrogens (tertiary/aromatic N) is 1. The Bertz CT molecular complexity index is 671. The average molecular weight is 291 g/mol. The van der Waals surface area contributed by atoms with Crippen molar-refractivity contribution >= 4 is 16.6 Å². The summed E-state index contributed by atoms with van der Waals surface area (Å²) in [6.45, 7) is 4.04. The van der Waals surface area contributed by atoms with Crippen LogP contribution in [0.5, 0.6) is 17.2 Å². The van der Waals surface area contributed by atoms with Gasteiger partial charge in [0.1, 0.15) is 0 Å². The van der Waals surface area contributed by atoms with E-state index in [1.807, 2.05) is 13.0 Å². The molecule has 3 N–H and O–H groups in total. The van der Waals surface area contributed by atoms with Crippen molar-refractivity contribution in [2.75, 3.05) is 26.8 Å². The van der Waals surface area contributed by atoms with Crippen LogP contribution in [0.3, 0.4) is 0 Å². The zero-order valence-electron chi connectivity index (χ0n) is 13.0. The van der Waals surface area contributed by atoms with E-state index in [-0.39, 0.29) is 0 Å². The second kappa shape index (κ2) is 6.05. The summed E-state index contributed by atoms with van der Waals surface area (Å²) in [5.74, 6) is 7.37. The third-order valence-corrected chi connectivity index (χ3v) is 3.60. The highest BCUT2D eigenvalue weighted by Gasteiger charge is 2.21. The lowest BCUT2D eigenvalue weighted by molar-refractivity contribution is 0.327. The highest BCUT2D eigenvalue weighted by Crippen LogP contribution is 2.46. The molecule has 0 aliphatic heterocycles. The topological polar surface area (TPSA) is 78.6 Å². The fraction of sp³-hybridized carbons (Fsp3) is 0.400. The molecule has 6 heteroatoms. The van der Waals surface area contributed by atoms with E-state index in [0.717, 1.165) is 34.3 Å². The Morgan fingerprint density at radius 3 is 2.29 bits per heavy atom. The van der Waals surface area contributed by atoms with Crippen LogP contribution in [0.4, 0.5) is 5.69 Å². The summed E-state index contributed by atoms with van der Waals surface area (Å²) in [7, 11) is 4.74. The summed E-state index contributed by atoms with van der Waals surface area (Å²) in [6, 6.07) is 1.83. The van der Waals surface area contributed by atoms with Gasteiger partial charge in [-0.25, -0.2) is 0 Å². The van der Waals surface area contributed by atoms with Crippen LogP contribution in [0.25, 0.3) is 10.9 Å². The van der Waals surface area contributed by atoms with E-state index in [9.17, 15) is 0 Å². The van der Waals surface area contributed by atoms with E-state index in [0.29, 0.717) is 17.2 Å². The number of anilines is 1. The molecule has 114 valence electrons. The van der Waals surface area contributed by atoms with E-state index in [1.165, 1.54) is 0 Å². The molecular weight excluding hydrogens is 270 g/mol. The molecule has 0 aliphatic rings. The molecule has 0 spiro atoms. The van der Waals surface area contributed by atoms with Crippen molar-refractivity contribution in [2.24, 2.45) is 5.84 Å². The van der Waals surface area contributed by atoms with Crippen molar-refractivity contribution in [3.63, 3.8) is 0 Å². The van der Waals surface area contributed by atoms with Crippen LogP contribution in [0, 0.1) is 6.92 Å². The summed E-state index contributed by atoms with van der Waals surface area (Å²) >= 11 is 0. The van der Waals surface area contributed by atoms with Crippen LogP contribution < -0.4 is 25.5 Å². The number of nitrogen functional groups attached to an aromatic ring is 1. The Labute approximate surface area is 124 Å². The lowest BCUT2D eigenvalue weighted by Gasteiger charge is -2.19. The van der Waals surface area contributed by atoms with E-state index in [1.54, 1.807) is 21.3 Å². The number of ether oxygens (including phenoxy) is 3. The molecule has 1 aromatic heterocycles. The van der Waals surface area contributed by atoms with Gasteiger partial charge in [0.2, 0.25) is 5.75 Å². The molecule has 6 nitrogen and oxygen atoms in total. The van der Waals surface area contributed by atoms with Gasteiger partial charge in [0.25, 0.3) is 0 Å². The minimum Gasteiger partial charge on any atom is -0.493 e. The molecule has 0 saturated carbocycles. The van der Waals surface area contributed by atoms with Crippen molar-refractivity contribution in [3.05, 3.63) is 17.3 Å². The molecule has 0 amide bonds. The number of hydrogen-bond donors (Lipinski definition) is 2. The van der Waals surface area contributed by atoms with Crippen LogP contribution in [-0.4, -0.2) is 26.3 Å². The lowest BCUT2D eigenvalue weighted by Crippen LogP contribution is -2.12. The number of rotatable bonds is 5. The molecule has 0 radical (unpaired) electrons. The van der Waals surface area contributed by atoms with Gasteiger partial charge < -0.3 is 19.6 Å². The maximum atomic E-state index is 5.72. The van der Waals surface area contributed by atoms with Gasteiger partial charge in [0, 0.05) is 11.8 Å². The summed E-state index contributed by atoms with van der Waals surface area (Å²) in [6.07, 6.45) is 0.813. The number of fused-ring (bicyclic) bond motifs is 1. The molecule has 0 fully saturated rings. The molecule has 0 aliphatic carbocycles. The first-order valence-electron chi connectivity index (χ1n) is 6.71. The van der Waals surface area contributed by atoms with Crippen LogP contribution in [0.15, 0.2) is 6.07 Å². The SMILES string of the molecule is CCc1nc2cc(OC)c(OC)c(OC)c2c(NN)c1C. The Balaban J connectivity index is 2.98. The van der Waals surface area contributed by atoms with Gasteiger partial charge in [0.05, 0.1) is 37.9 Å². The highest BCUT2D eigenvalue weighted by molar-refractivity contribution is 6.01. The molecule has 0 unspecified atom stereocenters. The zero-order chi connectivity index (χ0) is 15.6. The summed E-state index contributed by atoms with van der Waals surface area (Å²) in [5.41, 5.74) is 6.27. The zero-order valence-corrected chi connectivity index (χ0v) is 13.0. The van der Waals surface area contributed by atoms with Gasteiger partial charge in [-0.3, -0.25) is 10.8 Å². The summed E-state index contributed by atoms with van der Waals surface area (Å²) in [5, 5.41) is 0.785. The predicted molar refractivity (Wildman–Crippen MR) is 83.3 cm³/mol. The number of hydrazine groups is 1. The molecule has 2 rings (SSSR count). The first-order valence-corrected chi connectivity index (χ1v) is 6.71. The number of pyridine rings is 1. The Hall–Kier alpha value is -2.21. The van der Waals surface area contributed by atoms with Crippen molar-refractivity contribution in [3.8, 4) is 17.2 Å². The fourth-order valence-electron chi connectivity index (χ4n) is 2.56. The third kappa shape index (κ3) is 2.31. The second-order valence-electron chi connectivity index (χ2n) is 4.60. The number of aromatic nitrogens is 1. The Morgan fingerprint density at radius 1 is 1.14 bits per heavy atom. The highest BCUT2D eigenvalue weighted by atomic mass is 16.5. The lowest BCUT2D eigenvalue weighted by atomic mass is 10.0. The Morgan fingerprint density at radius 2 is 1.81 bits per heavy atom. The molecule has 1 heterocycles. The van der Waals surface area contributed by atoms with E-state index in [4.69, 9.17) is 20.1 Å². The Kier molecular flexibility index (Phi) is 4.37. The first kappa shape index (κ1) is 15.2. The second-order valence-corrected chi connectivity index (χ2v) is 4.60.